The smallest absolute Gasteiger partial charge is 0.332 e. The van der Waals surface area contributed by atoms with Gasteiger partial charge in [0, 0.05) is 13.0 Å². The highest BCUT2D eigenvalue weighted by molar-refractivity contribution is 5.85. The zero-order valence-electron chi connectivity index (χ0n) is 11.5. The van der Waals surface area contributed by atoms with E-state index in [9.17, 15) is 9.59 Å². The molecule has 2 rings (SSSR count). The van der Waals surface area contributed by atoms with E-state index in [0.29, 0.717) is 0 Å². The standard InChI is InChI=1S/C16H17NO4/c18-14(16(20)21)7-8-17-15(19)10-11-5-6-12-3-1-2-4-13(12)9-11/h1-6,9,14,18H,7-8,10H2,(H,17,19)(H,20,21)/t14-/m0/s1. The van der Waals surface area contributed by atoms with Crippen LogP contribution in [0.5, 0.6) is 0 Å². The summed E-state index contributed by atoms with van der Waals surface area (Å²) in [4.78, 5) is 22.2. The third kappa shape index (κ3) is 4.29. The molecule has 0 saturated heterocycles. The summed E-state index contributed by atoms with van der Waals surface area (Å²) in [5, 5.41) is 22.4. The number of carboxylic acid groups (broad SMARTS) is 1. The quantitative estimate of drug-likeness (QED) is 0.748. The van der Waals surface area contributed by atoms with E-state index in [4.69, 9.17) is 10.2 Å². The van der Waals surface area contributed by atoms with E-state index in [1.165, 1.54) is 0 Å². The summed E-state index contributed by atoms with van der Waals surface area (Å²) in [6, 6.07) is 13.7. The van der Waals surface area contributed by atoms with E-state index in [1.807, 2.05) is 42.5 Å². The second-order valence-corrected chi connectivity index (χ2v) is 4.85. The lowest BCUT2D eigenvalue weighted by Gasteiger charge is -2.08. The monoisotopic (exact) mass is 287 g/mol. The Morgan fingerprint density at radius 1 is 1.10 bits per heavy atom. The van der Waals surface area contributed by atoms with Crippen molar-refractivity contribution in [3.05, 3.63) is 48.0 Å². The molecule has 0 aliphatic carbocycles. The van der Waals surface area contributed by atoms with Crippen molar-refractivity contribution < 1.29 is 19.8 Å². The molecule has 5 nitrogen and oxygen atoms in total. The minimum atomic E-state index is -1.44. The van der Waals surface area contributed by atoms with Gasteiger partial charge in [-0.25, -0.2) is 4.79 Å². The number of amides is 1. The van der Waals surface area contributed by atoms with Crippen molar-refractivity contribution in [3.63, 3.8) is 0 Å². The molecule has 2 aromatic rings. The summed E-state index contributed by atoms with van der Waals surface area (Å²) in [6.07, 6.45) is -1.21. The molecule has 0 unspecified atom stereocenters. The molecule has 1 atom stereocenters. The fourth-order valence-corrected chi connectivity index (χ4v) is 2.07. The van der Waals surface area contributed by atoms with E-state index in [-0.39, 0.29) is 25.3 Å². The maximum absolute atomic E-state index is 11.8. The van der Waals surface area contributed by atoms with Gasteiger partial charge in [0.05, 0.1) is 6.42 Å². The largest absolute Gasteiger partial charge is 0.479 e. The fraction of sp³-hybridized carbons (Fsp3) is 0.250. The van der Waals surface area contributed by atoms with Gasteiger partial charge in [-0.2, -0.15) is 0 Å². The summed E-state index contributed by atoms with van der Waals surface area (Å²) < 4.78 is 0. The van der Waals surface area contributed by atoms with Crippen LogP contribution >= 0.6 is 0 Å². The molecule has 0 fully saturated rings. The Morgan fingerprint density at radius 3 is 2.52 bits per heavy atom. The Morgan fingerprint density at radius 2 is 1.81 bits per heavy atom. The Bertz CT molecular complexity index is 654. The predicted octanol–water partition coefficient (Wildman–Crippen LogP) is 1.33. The fourth-order valence-electron chi connectivity index (χ4n) is 2.07. The summed E-state index contributed by atoms with van der Waals surface area (Å²) in [7, 11) is 0. The lowest BCUT2D eigenvalue weighted by atomic mass is 10.0. The van der Waals surface area contributed by atoms with Crippen molar-refractivity contribution in [2.45, 2.75) is 18.9 Å². The molecule has 3 N–H and O–H groups in total. The second kappa shape index (κ2) is 6.85. The van der Waals surface area contributed by atoms with Crippen LogP contribution < -0.4 is 5.32 Å². The Balaban J connectivity index is 1.88. The SMILES string of the molecule is O=C(Cc1ccc2ccccc2c1)NCC[C@H](O)C(=O)O. The first kappa shape index (κ1) is 15.0. The van der Waals surface area contributed by atoms with E-state index < -0.39 is 12.1 Å². The second-order valence-electron chi connectivity index (χ2n) is 4.85. The van der Waals surface area contributed by atoms with Gasteiger partial charge in [0.25, 0.3) is 0 Å². The minimum Gasteiger partial charge on any atom is -0.479 e. The van der Waals surface area contributed by atoms with Gasteiger partial charge in [-0.05, 0) is 16.3 Å². The summed E-state index contributed by atoms with van der Waals surface area (Å²) in [5.41, 5.74) is 0.894. The number of hydrogen-bond acceptors (Lipinski definition) is 3. The van der Waals surface area contributed by atoms with Crippen molar-refractivity contribution in [1.29, 1.82) is 0 Å². The van der Waals surface area contributed by atoms with Crippen molar-refractivity contribution in [3.8, 4) is 0 Å². The Hall–Kier alpha value is -2.40. The van der Waals surface area contributed by atoms with Gasteiger partial charge in [0.15, 0.2) is 6.10 Å². The number of fused-ring (bicyclic) bond motifs is 1. The first-order valence-corrected chi connectivity index (χ1v) is 6.71. The van der Waals surface area contributed by atoms with Gasteiger partial charge < -0.3 is 15.5 Å². The molecule has 0 bridgehead atoms. The number of aliphatic hydroxyl groups is 1. The van der Waals surface area contributed by atoms with Gasteiger partial charge >= 0.3 is 5.97 Å². The third-order valence-electron chi connectivity index (χ3n) is 3.20. The molecule has 21 heavy (non-hydrogen) atoms. The molecule has 5 heteroatoms. The van der Waals surface area contributed by atoms with E-state index in [0.717, 1.165) is 16.3 Å². The number of carbonyl (C=O) groups is 2. The average Bonchev–Trinajstić information content (AvgIpc) is 2.46. The summed E-state index contributed by atoms with van der Waals surface area (Å²) in [6.45, 7) is 0.139. The number of hydrogen-bond donors (Lipinski definition) is 3. The number of carbonyl (C=O) groups excluding carboxylic acids is 1. The van der Waals surface area contributed by atoms with E-state index in [1.54, 1.807) is 0 Å². The molecule has 0 aromatic heterocycles. The number of carboxylic acids is 1. The van der Waals surface area contributed by atoms with Crippen molar-refractivity contribution in [2.75, 3.05) is 6.54 Å². The van der Waals surface area contributed by atoms with Crippen LogP contribution in [0.3, 0.4) is 0 Å². The maximum atomic E-state index is 11.8. The van der Waals surface area contributed by atoms with Crippen LogP contribution in [0.1, 0.15) is 12.0 Å². The van der Waals surface area contributed by atoms with Gasteiger partial charge in [-0.3, -0.25) is 4.79 Å². The zero-order chi connectivity index (χ0) is 15.2. The number of nitrogens with one attached hydrogen (secondary N) is 1. The number of aliphatic hydroxyl groups excluding tert-OH is 1. The molecule has 0 aliphatic heterocycles. The van der Waals surface area contributed by atoms with Gasteiger partial charge in [-0.15, -0.1) is 0 Å². The summed E-state index contributed by atoms with van der Waals surface area (Å²) in [5.74, 6) is -1.47. The van der Waals surface area contributed by atoms with Crippen LogP contribution in [0.4, 0.5) is 0 Å². The molecule has 0 aliphatic rings. The van der Waals surface area contributed by atoms with Crippen LogP contribution in [-0.2, 0) is 16.0 Å². The van der Waals surface area contributed by atoms with Crippen LogP contribution in [0, 0.1) is 0 Å². The van der Waals surface area contributed by atoms with Crippen LogP contribution in [0.15, 0.2) is 42.5 Å². The number of aliphatic carboxylic acids is 1. The van der Waals surface area contributed by atoms with Crippen LogP contribution in [0.2, 0.25) is 0 Å². The van der Waals surface area contributed by atoms with Crippen molar-refractivity contribution in [1.82, 2.24) is 5.32 Å². The van der Waals surface area contributed by atoms with E-state index in [2.05, 4.69) is 5.32 Å². The molecule has 0 heterocycles. The topological polar surface area (TPSA) is 86.6 Å². The average molecular weight is 287 g/mol. The van der Waals surface area contributed by atoms with Crippen LogP contribution in [0.25, 0.3) is 10.8 Å². The highest BCUT2D eigenvalue weighted by Crippen LogP contribution is 2.15. The third-order valence-corrected chi connectivity index (χ3v) is 3.20. The minimum absolute atomic E-state index is 0.00120. The first-order valence-electron chi connectivity index (χ1n) is 6.71. The Kier molecular flexibility index (Phi) is 4.90. The lowest BCUT2D eigenvalue weighted by Crippen LogP contribution is -2.30. The normalized spacial score (nSPS) is 12.0. The molecule has 110 valence electrons. The predicted molar refractivity (Wildman–Crippen MR) is 78.9 cm³/mol. The molecular weight excluding hydrogens is 270 g/mol. The van der Waals surface area contributed by atoms with Crippen molar-refractivity contribution in [2.24, 2.45) is 0 Å². The van der Waals surface area contributed by atoms with Gasteiger partial charge in [0.1, 0.15) is 0 Å². The molecule has 0 saturated carbocycles. The van der Waals surface area contributed by atoms with Crippen molar-refractivity contribution >= 4 is 22.6 Å². The lowest BCUT2D eigenvalue weighted by molar-refractivity contribution is -0.147. The van der Waals surface area contributed by atoms with Crippen LogP contribution in [-0.4, -0.2) is 34.7 Å². The molecule has 0 spiro atoms. The molecule has 0 radical (unpaired) electrons. The first-order chi connectivity index (χ1) is 10.1. The maximum Gasteiger partial charge on any atom is 0.332 e. The highest BCUT2D eigenvalue weighted by atomic mass is 16.4. The summed E-state index contributed by atoms with van der Waals surface area (Å²) >= 11 is 0. The van der Waals surface area contributed by atoms with Gasteiger partial charge in [-0.1, -0.05) is 42.5 Å². The molecule has 2 aromatic carbocycles. The molecule has 1 amide bonds. The number of benzene rings is 2. The van der Waals surface area contributed by atoms with Gasteiger partial charge in [0.2, 0.25) is 5.91 Å². The Labute approximate surface area is 122 Å². The zero-order valence-corrected chi connectivity index (χ0v) is 11.5. The number of rotatable bonds is 6. The highest BCUT2D eigenvalue weighted by Gasteiger charge is 2.13. The molecular formula is C16H17NO4. The van der Waals surface area contributed by atoms with E-state index >= 15 is 0 Å².